The van der Waals surface area contributed by atoms with Crippen molar-refractivity contribution >= 4 is 11.6 Å². The number of nitriles is 1. The number of carbonyl (C=O) groups excluding carboxylic acids is 1. The molecule has 17 heavy (non-hydrogen) atoms. The Bertz CT molecular complexity index is 580. The molecular weight excluding hydrogens is 216 g/mol. The Morgan fingerprint density at radius 3 is 2.88 bits per heavy atom. The van der Waals surface area contributed by atoms with E-state index >= 15 is 0 Å². The first kappa shape index (κ1) is 11.0. The van der Waals surface area contributed by atoms with E-state index in [4.69, 9.17) is 9.68 Å². The minimum Gasteiger partial charge on any atom is -0.472 e. The van der Waals surface area contributed by atoms with E-state index in [-0.39, 0.29) is 5.91 Å². The number of aryl methyl sites for hydroxylation is 1. The summed E-state index contributed by atoms with van der Waals surface area (Å²) in [4.78, 5) is 11.8. The van der Waals surface area contributed by atoms with Gasteiger partial charge in [0.05, 0.1) is 23.5 Å². The second kappa shape index (κ2) is 4.54. The van der Waals surface area contributed by atoms with Crippen molar-refractivity contribution in [2.45, 2.75) is 6.92 Å². The van der Waals surface area contributed by atoms with E-state index in [1.165, 1.54) is 12.5 Å². The fourth-order valence-electron chi connectivity index (χ4n) is 1.41. The Morgan fingerprint density at radius 1 is 1.41 bits per heavy atom. The minimum atomic E-state index is -0.253. The van der Waals surface area contributed by atoms with Crippen molar-refractivity contribution < 1.29 is 9.21 Å². The highest BCUT2D eigenvalue weighted by molar-refractivity contribution is 6.04. The predicted octanol–water partition coefficient (Wildman–Crippen LogP) is 2.71. The molecule has 0 saturated heterocycles. The van der Waals surface area contributed by atoms with Crippen LogP contribution in [0.1, 0.15) is 21.5 Å². The van der Waals surface area contributed by atoms with Crippen LogP contribution in [0.2, 0.25) is 0 Å². The third-order valence-corrected chi connectivity index (χ3v) is 2.40. The molecule has 1 amide bonds. The van der Waals surface area contributed by atoms with Gasteiger partial charge in [-0.05, 0) is 30.7 Å². The van der Waals surface area contributed by atoms with Crippen LogP contribution in [0.5, 0.6) is 0 Å². The molecule has 0 bridgehead atoms. The van der Waals surface area contributed by atoms with E-state index in [9.17, 15) is 4.79 Å². The normalized spacial score (nSPS) is 9.65. The van der Waals surface area contributed by atoms with Crippen LogP contribution < -0.4 is 5.32 Å². The number of amides is 1. The molecule has 1 heterocycles. The first-order valence-corrected chi connectivity index (χ1v) is 5.05. The summed E-state index contributed by atoms with van der Waals surface area (Å²) in [6.07, 6.45) is 2.81. The van der Waals surface area contributed by atoms with Crippen LogP contribution in [0.15, 0.2) is 41.2 Å². The highest BCUT2D eigenvalue weighted by atomic mass is 16.3. The molecule has 1 aromatic carbocycles. The zero-order valence-corrected chi connectivity index (χ0v) is 9.23. The lowest BCUT2D eigenvalue weighted by Crippen LogP contribution is -2.11. The second-order valence-electron chi connectivity index (χ2n) is 3.61. The molecule has 0 unspecified atom stereocenters. The van der Waals surface area contributed by atoms with Crippen LogP contribution in [0.25, 0.3) is 0 Å². The SMILES string of the molecule is Cc1ccc(C#N)cc1NC(=O)c1ccoc1. The van der Waals surface area contributed by atoms with Crippen LogP contribution in [0.4, 0.5) is 5.69 Å². The summed E-state index contributed by atoms with van der Waals surface area (Å²) in [5.74, 6) is -0.253. The number of hydrogen-bond donors (Lipinski definition) is 1. The maximum absolute atomic E-state index is 11.8. The topological polar surface area (TPSA) is 66.0 Å². The van der Waals surface area contributed by atoms with E-state index in [2.05, 4.69) is 5.32 Å². The molecule has 0 fully saturated rings. The zero-order chi connectivity index (χ0) is 12.3. The van der Waals surface area contributed by atoms with E-state index in [1.54, 1.807) is 24.3 Å². The Morgan fingerprint density at radius 2 is 2.24 bits per heavy atom. The van der Waals surface area contributed by atoms with Crippen molar-refractivity contribution in [2.24, 2.45) is 0 Å². The third-order valence-electron chi connectivity index (χ3n) is 2.40. The van der Waals surface area contributed by atoms with Crippen molar-refractivity contribution in [3.05, 3.63) is 53.5 Å². The summed E-state index contributed by atoms with van der Waals surface area (Å²) < 4.78 is 4.84. The molecule has 4 nitrogen and oxygen atoms in total. The molecule has 0 aliphatic carbocycles. The monoisotopic (exact) mass is 226 g/mol. The van der Waals surface area contributed by atoms with E-state index < -0.39 is 0 Å². The Kier molecular flexibility index (Phi) is 2.93. The average molecular weight is 226 g/mol. The quantitative estimate of drug-likeness (QED) is 0.856. The van der Waals surface area contributed by atoms with E-state index in [0.717, 1.165) is 5.56 Å². The van der Waals surface area contributed by atoms with Gasteiger partial charge in [-0.3, -0.25) is 4.79 Å². The van der Waals surface area contributed by atoms with Gasteiger partial charge in [0, 0.05) is 5.69 Å². The second-order valence-corrected chi connectivity index (χ2v) is 3.61. The molecule has 2 rings (SSSR count). The highest BCUT2D eigenvalue weighted by Gasteiger charge is 2.09. The Balaban J connectivity index is 2.25. The van der Waals surface area contributed by atoms with Gasteiger partial charge in [-0.15, -0.1) is 0 Å². The summed E-state index contributed by atoms with van der Waals surface area (Å²) in [7, 11) is 0. The number of anilines is 1. The van der Waals surface area contributed by atoms with Crippen molar-refractivity contribution in [1.29, 1.82) is 5.26 Å². The standard InChI is InChI=1S/C13H10N2O2/c1-9-2-3-10(7-14)6-12(9)15-13(16)11-4-5-17-8-11/h2-6,8H,1H3,(H,15,16). The van der Waals surface area contributed by atoms with E-state index in [0.29, 0.717) is 16.8 Å². The van der Waals surface area contributed by atoms with Crippen molar-refractivity contribution in [1.82, 2.24) is 0 Å². The number of rotatable bonds is 2. The lowest BCUT2D eigenvalue weighted by Gasteiger charge is -2.07. The van der Waals surface area contributed by atoms with Crippen LogP contribution in [0.3, 0.4) is 0 Å². The fourth-order valence-corrected chi connectivity index (χ4v) is 1.41. The fraction of sp³-hybridized carbons (Fsp3) is 0.0769. The summed E-state index contributed by atoms with van der Waals surface area (Å²) in [6.45, 7) is 1.87. The van der Waals surface area contributed by atoms with Gasteiger partial charge in [-0.25, -0.2) is 0 Å². The largest absolute Gasteiger partial charge is 0.472 e. The molecule has 0 aliphatic heterocycles. The number of benzene rings is 1. The highest BCUT2D eigenvalue weighted by Crippen LogP contribution is 2.17. The van der Waals surface area contributed by atoms with Gasteiger partial charge in [0.2, 0.25) is 0 Å². The lowest BCUT2D eigenvalue weighted by atomic mass is 10.1. The maximum Gasteiger partial charge on any atom is 0.258 e. The molecular formula is C13H10N2O2. The van der Waals surface area contributed by atoms with Gasteiger partial charge in [-0.2, -0.15) is 5.26 Å². The van der Waals surface area contributed by atoms with Gasteiger partial charge >= 0.3 is 0 Å². The maximum atomic E-state index is 11.8. The van der Waals surface area contributed by atoms with Gasteiger partial charge in [0.15, 0.2) is 0 Å². The molecule has 0 radical (unpaired) electrons. The summed E-state index contributed by atoms with van der Waals surface area (Å²) in [6, 6.07) is 8.77. The molecule has 0 spiro atoms. The van der Waals surface area contributed by atoms with E-state index in [1.807, 2.05) is 13.0 Å². The number of nitrogens with one attached hydrogen (secondary N) is 1. The third kappa shape index (κ3) is 2.34. The smallest absolute Gasteiger partial charge is 0.258 e. The van der Waals surface area contributed by atoms with Crippen LogP contribution in [-0.4, -0.2) is 5.91 Å². The number of hydrogen-bond acceptors (Lipinski definition) is 3. The molecule has 0 atom stereocenters. The zero-order valence-electron chi connectivity index (χ0n) is 9.23. The number of nitrogens with zero attached hydrogens (tertiary/aromatic N) is 1. The first-order chi connectivity index (χ1) is 8.20. The van der Waals surface area contributed by atoms with Gasteiger partial charge in [0.25, 0.3) is 5.91 Å². The lowest BCUT2D eigenvalue weighted by molar-refractivity contribution is 0.102. The summed E-state index contributed by atoms with van der Waals surface area (Å²) in [5.41, 5.74) is 2.50. The van der Waals surface area contributed by atoms with Gasteiger partial charge in [0.1, 0.15) is 6.26 Å². The minimum absolute atomic E-state index is 0.253. The van der Waals surface area contributed by atoms with Crippen LogP contribution in [-0.2, 0) is 0 Å². The molecule has 1 aromatic heterocycles. The molecule has 2 aromatic rings. The molecule has 1 N–H and O–H groups in total. The van der Waals surface area contributed by atoms with Crippen molar-refractivity contribution in [3.8, 4) is 6.07 Å². The summed E-state index contributed by atoms with van der Waals surface area (Å²) in [5, 5.41) is 11.5. The molecule has 0 saturated carbocycles. The number of furan rings is 1. The van der Waals surface area contributed by atoms with Crippen molar-refractivity contribution in [2.75, 3.05) is 5.32 Å². The molecule has 0 aliphatic rings. The average Bonchev–Trinajstić information content (AvgIpc) is 2.85. The number of carbonyl (C=O) groups is 1. The molecule has 4 heteroatoms. The Labute approximate surface area is 98.5 Å². The molecule has 84 valence electrons. The van der Waals surface area contributed by atoms with Gasteiger partial charge in [-0.1, -0.05) is 6.07 Å². The first-order valence-electron chi connectivity index (χ1n) is 5.05. The predicted molar refractivity (Wildman–Crippen MR) is 62.6 cm³/mol. The summed E-state index contributed by atoms with van der Waals surface area (Å²) >= 11 is 0. The Hall–Kier alpha value is -2.54. The van der Waals surface area contributed by atoms with Crippen LogP contribution in [0, 0.1) is 18.3 Å². The van der Waals surface area contributed by atoms with Crippen LogP contribution >= 0.6 is 0 Å². The van der Waals surface area contributed by atoms with Crippen molar-refractivity contribution in [3.63, 3.8) is 0 Å². The van der Waals surface area contributed by atoms with Gasteiger partial charge < -0.3 is 9.73 Å².